The number of aromatic nitrogens is 2. The summed E-state index contributed by atoms with van der Waals surface area (Å²) in [7, 11) is 0. The van der Waals surface area contributed by atoms with Gasteiger partial charge in [-0.05, 0) is 45.1 Å². The lowest BCUT2D eigenvalue weighted by molar-refractivity contribution is -0.114. The van der Waals surface area contributed by atoms with E-state index in [9.17, 15) is 9.59 Å². The van der Waals surface area contributed by atoms with Crippen LogP contribution in [-0.4, -0.2) is 28.0 Å². The second-order valence-electron chi connectivity index (χ2n) is 7.56. The molecule has 1 N–H and O–H groups in total. The van der Waals surface area contributed by atoms with Crippen LogP contribution in [0.5, 0.6) is 0 Å². The summed E-state index contributed by atoms with van der Waals surface area (Å²) < 4.78 is 3.04. The third-order valence-corrected chi connectivity index (χ3v) is 6.23. The summed E-state index contributed by atoms with van der Waals surface area (Å²) in [5, 5.41) is 7.38. The third-order valence-electron chi connectivity index (χ3n) is 5.64. The minimum Gasteiger partial charge on any atom is -0.343 e. The van der Waals surface area contributed by atoms with Gasteiger partial charge in [-0.1, -0.05) is 59.5 Å². The molecule has 1 fully saturated rings. The van der Waals surface area contributed by atoms with Gasteiger partial charge in [0.2, 0.25) is 0 Å². The van der Waals surface area contributed by atoms with Gasteiger partial charge < -0.3 is 5.32 Å². The van der Waals surface area contributed by atoms with Crippen molar-refractivity contribution < 1.29 is 9.59 Å². The van der Waals surface area contributed by atoms with Gasteiger partial charge in [-0.25, -0.2) is 0 Å². The number of halogens is 1. The molecule has 28 heavy (non-hydrogen) atoms. The first-order chi connectivity index (χ1) is 13.5. The number of rotatable bonds is 5. The molecule has 0 saturated heterocycles. The van der Waals surface area contributed by atoms with Crippen molar-refractivity contribution in [2.24, 2.45) is 0 Å². The Balaban J connectivity index is 1.64. The maximum atomic E-state index is 12.7. The molecule has 1 amide bonds. The number of Topliss-reactive ketones (excluding diaryl/α,β-unsaturated/α-hetero) is 1. The standard InChI is InChI=1S/C22H28BrN3O2/c1-15-16(2)26(19-12-4-3-5-13-19)25-21(15)22(28)24-14-20(27)17-8-6-10-18(23)11-7-9-17/h6,9-11,19H,3-5,7-8,12-14H2,1-2H3,(H,24,28)/b10-6-,17-9+,18-11?. The van der Waals surface area contributed by atoms with Crippen molar-refractivity contribution in [1.82, 2.24) is 15.1 Å². The largest absolute Gasteiger partial charge is 0.343 e. The zero-order chi connectivity index (χ0) is 20.1. The molecule has 5 nitrogen and oxygen atoms in total. The lowest BCUT2D eigenvalue weighted by Crippen LogP contribution is -2.31. The summed E-state index contributed by atoms with van der Waals surface area (Å²) in [5.41, 5.74) is 3.12. The van der Waals surface area contributed by atoms with Crippen LogP contribution in [0.3, 0.4) is 0 Å². The van der Waals surface area contributed by atoms with E-state index in [-0.39, 0.29) is 18.2 Å². The Morgan fingerprint density at radius 2 is 1.96 bits per heavy atom. The van der Waals surface area contributed by atoms with E-state index in [1.54, 1.807) is 0 Å². The molecule has 0 aromatic carbocycles. The second-order valence-corrected chi connectivity index (χ2v) is 8.48. The Morgan fingerprint density at radius 3 is 2.71 bits per heavy atom. The number of hydrogen-bond donors (Lipinski definition) is 1. The molecule has 0 spiro atoms. The van der Waals surface area contributed by atoms with E-state index in [0.29, 0.717) is 24.6 Å². The molecule has 0 aliphatic heterocycles. The van der Waals surface area contributed by atoms with Crippen LogP contribution in [0.4, 0.5) is 0 Å². The SMILES string of the molecule is Cc1c(C(=O)NCC(=O)/C2=C/CC=C(Br)/C=C\C2)nn(C2CCCCC2)c1C. The van der Waals surface area contributed by atoms with E-state index in [1.807, 2.05) is 42.8 Å². The fourth-order valence-electron chi connectivity index (χ4n) is 3.85. The molecule has 3 rings (SSSR count). The molecule has 1 heterocycles. The van der Waals surface area contributed by atoms with Gasteiger partial charge in [-0.15, -0.1) is 0 Å². The topological polar surface area (TPSA) is 64.0 Å². The Hall–Kier alpha value is -1.95. The van der Waals surface area contributed by atoms with Gasteiger partial charge in [-0.2, -0.15) is 5.10 Å². The Morgan fingerprint density at radius 1 is 1.21 bits per heavy atom. The van der Waals surface area contributed by atoms with E-state index >= 15 is 0 Å². The summed E-state index contributed by atoms with van der Waals surface area (Å²) in [6.07, 6.45) is 15.1. The van der Waals surface area contributed by atoms with E-state index in [2.05, 4.69) is 26.3 Å². The molecular formula is C22H28BrN3O2. The predicted molar refractivity (Wildman–Crippen MR) is 115 cm³/mol. The van der Waals surface area contributed by atoms with Crippen LogP contribution in [0.15, 0.2) is 34.4 Å². The fraction of sp³-hybridized carbons (Fsp3) is 0.500. The van der Waals surface area contributed by atoms with Crippen molar-refractivity contribution in [3.05, 3.63) is 51.3 Å². The average molecular weight is 446 g/mol. The van der Waals surface area contributed by atoms with Gasteiger partial charge in [0.15, 0.2) is 11.5 Å². The molecule has 1 aromatic heterocycles. The van der Waals surface area contributed by atoms with Crippen LogP contribution in [0.2, 0.25) is 0 Å². The first-order valence-corrected chi connectivity index (χ1v) is 10.8. The fourth-order valence-corrected chi connectivity index (χ4v) is 4.22. The quantitative estimate of drug-likeness (QED) is 0.703. The van der Waals surface area contributed by atoms with Crippen molar-refractivity contribution in [1.29, 1.82) is 0 Å². The number of nitrogens with zero attached hydrogens (tertiary/aromatic N) is 2. The Kier molecular flexibility index (Phi) is 7.05. The highest BCUT2D eigenvalue weighted by Crippen LogP contribution is 2.30. The first kappa shape index (κ1) is 20.8. The maximum Gasteiger partial charge on any atom is 0.272 e. The van der Waals surface area contributed by atoms with Crippen LogP contribution >= 0.6 is 15.9 Å². The Bertz CT molecular complexity index is 842. The van der Waals surface area contributed by atoms with Crippen LogP contribution in [-0.2, 0) is 4.79 Å². The molecule has 6 heteroatoms. The summed E-state index contributed by atoms with van der Waals surface area (Å²) in [5.74, 6) is -0.321. The molecule has 0 radical (unpaired) electrons. The monoisotopic (exact) mass is 445 g/mol. The summed E-state index contributed by atoms with van der Waals surface area (Å²) in [6.45, 7) is 3.96. The summed E-state index contributed by atoms with van der Waals surface area (Å²) in [6, 6.07) is 0.384. The summed E-state index contributed by atoms with van der Waals surface area (Å²) >= 11 is 3.44. The van der Waals surface area contributed by atoms with Crippen molar-refractivity contribution in [3.63, 3.8) is 0 Å². The van der Waals surface area contributed by atoms with Crippen LogP contribution < -0.4 is 5.32 Å². The minimum atomic E-state index is -0.270. The smallest absolute Gasteiger partial charge is 0.272 e. The number of ketones is 1. The van der Waals surface area contributed by atoms with Gasteiger partial charge in [0.05, 0.1) is 12.6 Å². The van der Waals surface area contributed by atoms with E-state index in [0.717, 1.165) is 34.2 Å². The highest BCUT2D eigenvalue weighted by atomic mass is 79.9. The van der Waals surface area contributed by atoms with E-state index < -0.39 is 0 Å². The molecule has 150 valence electrons. The van der Waals surface area contributed by atoms with Crippen molar-refractivity contribution in [3.8, 4) is 0 Å². The molecule has 2 aliphatic carbocycles. The number of carbonyl (C=O) groups excluding carboxylic acids is 2. The van der Waals surface area contributed by atoms with Gasteiger partial charge in [0.25, 0.3) is 5.91 Å². The van der Waals surface area contributed by atoms with Crippen LogP contribution in [0.1, 0.15) is 72.7 Å². The van der Waals surface area contributed by atoms with Gasteiger partial charge in [0.1, 0.15) is 0 Å². The van der Waals surface area contributed by atoms with Gasteiger partial charge >= 0.3 is 0 Å². The van der Waals surface area contributed by atoms with Crippen molar-refractivity contribution in [2.45, 2.75) is 64.8 Å². The first-order valence-electron chi connectivity index (χ1n) is 10.1. The number of amides is 1. The number of hydrogen-bond acceptors (Lipinski definition) is 3. The molecule has 0 bridgehead atoms. The minimum absolute atomic E-state index is 0.00182. The lowest BCUT2D eigenvalue weighted by atomic mass is 9.95. The molecule has 1 saturated carbocycles. The molecule has 0 atom stereocenters. The summed E-state index contributed by atoms with van der Waals surface area (Å²) in [4.78, 5) is 25.2. The van der Waals surface area contributed by atoms with Crippen LogP contribution in [0, 0.1) is 13.8 Å². The molecule has 0 unspecified atom stereocenters. The number of nitrogens with one attached hydrogen (secondary N) is 1. The third kappa shape index (κ3) is 4.90. The number of carbonyl (C=O) groups is 2. The van der Waals surface area contributed by atoms with Crippen molar-refractivity contribution >= 4 is 27.6 Å². The predicted octanol–water partition coefficient (Wildman–Crippen LogP) is 4.86. The highest BCUT2D eigenvalue weighted by Gasteiger charge is 2.24. The lowest BCUT2D eigenvalue weighted by Gasteiger charge is -2.23. The normalized spacial score (nSPS) is 21.1. The zero-order valence-electron chi connectivity index (χ0n) is 16.6. The van der Waals surface area contributed by atoms with Crippen LogP contribution in [0.25, 0.3) is 0 Å². The van der Waals surface area contributed by atoms with E-state index in [4.69, 9.17) is 0 Å². The number of allylic oxidation sites excluding steroid dienone is 5. The van der Waals surface area contributed by atoms with Gasteiger partial charge in [0, 0.05) is 15.7 Å². The maximum absolute atomic E-state index is 12.7. The molecule has 2 aliphatic rings. The van der Waals surface area contributed by atoms with Crippen molar-refractivity contribution in [2.75, 3.05) is 6.54 Å². The van der Waals surface area contributed by atoms with E-state index in [1.165, 1.54) is 19.3 Å². The van der Waals surface area contributed by atoms with Gasteiger partial charge in [-0.3, -0.25) is 14.3 Å². The second kappa shape index (κ2) is 9.50. The Labute approximate surface area is 175 Å². The highest BCUT2D eigenvalue weighted by molar-refractivity contribution is 9.11. The molecular weight excluding hydrogens is 418 g/mol. The average Bonchev–Trinajstić information content (AvgIpc) is 2.98. The molecule has 1 aromatic rings. The zero-order valence-corrected chi connectivity index (χ0v) is 18.2.